The van der Waals surface area contributed by atoms with Crippen LogP contribution in [0.5, 0.6) is 0 Å². The standard InChI is InChI=1S/C20H28O5S.C6H9N3O2/c1-13(2)14-5-7-16-15(11-14)6-8-17-19(16,3)9-4-10-20(17,18(21)22)12-26(23,24)25;7-5(6(10)11)1-4-2-8-3-9-4/h5,7,11,13,17H,4,6,8-10,12H2,1-3H3,(H,21,22)(H,23,24,25);2-3,5H,1,7H2,(H,8,9)(H,10,11)/t17-,19-,20-;5-/m10/s1. The van der Waals surface area contributed by atoms with Gasteiger partial charge in [0.1, 0.15) is 6.04 Å². The Morgan fingerprint density at radius 2 is 1.95 bits per heavy atom. The lowest BCUT2D eigenvalue weighted by atomic mass is 9.49. The van der Waals surface area contributed by atoms with Crippen molar-refractivity contribution in [2.24, 2.45) is 17.1 Å². The van der Waals surface area contributed by atoms with Crippen LogP contribution in [0.1, 0.15) is 74.8 Å². The number of nitrogens with two attached hydrogens (primary N) is 1. The number of fused-ring (bicyclic) bond motifs is 3. The van der Waals surface area contributed by atoms with Gasteiger partial charge in [-0.25, -0.2) is 4.98 Å². The molecule has 2 aliphatic carbocycles. The summed E-state index contributed by atoms with van der Waals surface area (Å²) in [5.41, 5.74) is 7.86. The number of nitrogens with zero attached hydrogens (tertiary/aromatic N) is 1. The van der Waals surface area contributed by atoms with Gasteiger partial charge in [-0.15, -0.1) is 0 Å². The van der Waals surface area contributed by atoms with Gasteiger partial charge in [0.25, 0.3) is 10.1 Å². The fraction of sp³-hybridized carbons (Fsp3) is 0.577. The number of aromatic nitrogens is 2. The van der Waals surface area contributed by atoms with E-state index in [0.717, 1.165) is 24.1 Å². The number of hydrogen-bond acceptors (Lipinski definition) is 6. The van der Waals surface area contributed by atoms with Crippen molar-refractivity contribution in [2.75, 3.05) is 5.75 Å². The first-order valence-corrected chi connectivity index (χ1v) is 14.1. The first-order valence-electron chi connectivity index (χ1n) is 12.5. The third kappa shape index (κ3) is 6.22. The van der Waals surface area contributed by atoms with Gasteiger partial charge in [0, 0.05) is 18.3 Å². The molecule has 1 saturated carbocycles. The van der Waals surface area contributed by atoms with Crippen LogP contribution >= 0.6 is 0 Å². The number of aromatic amines is 1. The number of H-pyrrole nitrogens is 1. The number of carboxylic acid groups (broad SMARTS) is 2. The molecule has 0 bridgehead atoms. The monoisotopic (exact) mass is 535 g/mol. The Balaban J connectivity index is 0.000000289. The maximum absolute atomic E-state index is 12.2. The van der Waals surface area contributed by atoms with Crippen molar-refractivity contribution < 1.29 is 32.8 Å². The van der Waals surface area contributed by atoms with Crippen LogP contribution in [-0.4, -0.2) is 56.9 Å². The summed E-state index contributed by atoms with van der Waals surface area (Å²) in [6.45, 7) is 6.38. The molecule has 0 unspecified atom stereocenters. The lowest BCUT2D eigenvalue weighted by Crippen LogP contribution is -2.56. The first-order chi connectivity index (χ1) is 17.2. The molecular formula is C26H37N3O7S. The Kier molecular flexibility index (Phi) is 8.50. The summed E-state index contributed by atoms with van der Waals surface area (Å²) in [7, 11) is -4.38. The molecule has 10 nitrogen and oxygen atoms in total. The molecule has 204 valence electrons. The average molecular weight is 536 g/mol. The third-order valence-corrected chi connectivity index (χ3v) is 8.93. The molecule has 0 amide bonds. The Morgan fingerprint density at radius 1 is 1.24 bits per heavy atom. The van der Waals surface area contributed by atoms with E-state index < -0.39 is 39.3 Å². The largest absolute Gasteiger partial charge is 0.481 e. The fourth-order valence-electron chi connectivity index (χ4n) is 6.22. The van der Waals surface area contributed by atoms with Crippen LogP contribution in [0.15, 0.2) is 30.7 Å². The molecule has 1 fully saturated rings. The summed E-state index contributed by atoms with van der Waals surface area (Å²) in [4.78, 5) is 29.0. The van der Waals surface area contributed by atoms with E-state index in [2.05, 4.69) is 48.9 Å². The van der Waals surface area contributed by atoms with Gasteiger partial charge in [-0.1, -0.05) is 45.4 Å². The number of carboxylic acids is 2. The highest BCUT2D eigenvalue weighted by atomic mass is 32.2. The van der Waals surface area contributed by atoms with Crippen LogP contribution in [0.4, 0.5) is 0 Å². The highest BCUT2D eigenvalue weighted by molar-refractivity contribution is 7.85. The van der Waals surface area contributed by atoms with Crippen molar-refractivity contribution >= 4 is 22.1 Å². The van der Waals surface area contributed by atoms with Crippen molar-refractivity contribution in [1.29, 1.82) is 0 Å². The van der Waals surface area contributed by atoms with Crippen LogP contribution in [0, 0.1) is 11.3 Å². The molecule has 2 aliphatic rings. The lowest BCUT2D eigenvalue weighted by molar-refractivity contribution is -0.157. The zero-order chi connectivity index (χ0) is 27.6. The van der Waals surface area contributed by atoms with Crippen LogP contribution < -0.4 is 5.73 Å². The van der Waals surface area contributed by atoms with Crippen molar-refractivity contribution in [3.05, 3.63) is 53.1 Å². The number of nitrogens with one attached hydrogen (secondary N) is 1. The number of benzene rings is 1. The van der Waals surface area contributed by atoms with Gasteiger partial charge in [-0.05, 0) is 59.6 Å². The zero-order valence-corrected chi connectivity index (χ0v) is 22.3. The molecule has 1 heterocycles. The van der Waals surface area contributed by atoms with Gasteiger partial charge in [0.2, 0.25) is 0 Å². The van der Waals surface area contributed by atoms with E-state index in [1.54, 1.807) is 6.20 Å². The van der Waals surface area contributed by atoms with Crippen LogP contribution in [0.3, 0.4) is 0 Å². The summed E-state index contributed by atoms with van der Waals surface area (Å²) in [5.74, 6) is -2.68. The molecule has 37 heavy (non-hydrogen) atoms. The van der Waals surface area contributed by atoms with Crippen LogP contribution in [0.2, 0.25) is 0 Å². The predicted octanol–water partition coefficient (Wildman–Crippen LogP) is 3.14. The van der Waals surface area contributed by atoms with Crippen molar-refractivity contribution in [3.63, 3.8) is 0 Å². The summed E-state index contributed by atoms with van der Waals surface area (Å²) in [5, 5.41) is 18.4. The summed E-state index contributed by atoms with van der Waals surface area (Å²) in [6, 6.07) is 5.59. The maximum atomic E-state index is 12.2. The minimum Gasteiger partial charge on any atom is -0.481 e. The highest BCUT2D eigenvalue weighted by Gasteiger charge is 2.59. The van der Waals surface area contributed by atoms with Gasteiger partial charge in [0.15, 0.2) is 0 Å². The molecule has 0 saturated heterocycles. The molecule has 2 aromatic rings. The van der Waals surface area contributed by atoms with Crippen molar-refractivity contribution in [1.82, 2.24) is 9.97 Å². The molecule has 0 radical (unpaired) electrons. The number of aryl methyl sites for hydroxylation is 1. The summed E-state index contributed by atoms with van der Waals surface area (Å²) in [6.07, 6.45) is 6.49. The number of hydrogen-bond donors (Lipinski definition) is 5. The quantitative estimate of drug-likeness (QED) is 0.332. The predicted molar refractivity (Wildman–Crippen MR) is 138 cm³/mol. The molecule has 4 atom stereocenters. The van der Waals surface area contributed by atoms with Gasteiger partial charge >= 0.3 is 11.9 Å². The topological polar surface area (TPSA) is 184 Å². The summed E-state index contributed by atoms with van der Waals surface area (Å²) < 4.78 is 32.8. The number of imidazole rings is 1. The second-order valence-corrected chi connectivity index (χ2v) is 12.3. The van der Waals surface area contributed by atoms with E-state index in [4.69, 9.17) is 10.8 Å². The smallest absolute Gasteiger partial charge is 0.320 e. The van der Waals surface area contributed by atoms with Gasteiger partial charge in [-0.3, -0.25) is 14.1 Å². The zero-order valence-electron chi connectivity index (χ0n) is 21.5. The number of rotatable bonds is 7. The molecule has 0 aliphatic heterocycles. The molecular weight excluding hydrogens is 498 g/mol. The molecule has 0 spiro atoms. The van der Waals surface area contributed by atoms with Crippen LogP contribution in [-0.2, 0) is 38.0 Å². The second kappa shape index (κ2) is 10.9. The van der Waals surface area contributed by atoms with Crippen molar-refractivity contribution in [3.8, 4) is 0 Å². The molecule has 1 aromatic carbocycles. The maximum Gasteiger partial charge on any atom is 0.320 e. The van der Waals surface area contributed by atoms with Gasteiger partial charge in [-0.2, -0.15) is 8.42 Å². The van der Waals surface area contributed by atoms with E-state index in [1.807, 2.05) is 0 Å². The van der Waals surface area contributed by atoms with Crippen molar-refractivity contribution in [2.45, 2.75) is 76.7 Å². The highest BCUT2D eigenvalue weighted by Crippen LogP contribution is 2.58. The summed E-state index contributed by atoms with van der Waals surface area (Å²) >= 11 is 0. The Bertz CT molecular complexity index is 1230. The van der Waals surface area contributed by atoms with Gasteiger partial charge < -0.3 is 20.9 Å². The lowest BCUT2D eigenvalue weighted by Gasteiger charge is -2.54. The molecule has 4 rings (SSSR count). The Labute approximate surface area is 217 Å². The minimum atomic E-state index is -4.38. The van der Waals surface area contributed by atoms with Crippen LogP contribution in [0.25, 0.3) is 0 Å². The molecule has 11 heteroatoms. The molecule has 1 aromatic heterocycles. The number of carbonyl (C=O) groups is 2. The van der Waals surface area contributed by atoms with Gasteiger partial charge in [0.05, 0.1) is 17.5 Å². The normalized spacial score (nSPS) is 25.8. The van der Waals surface area contributed by atoms with E-state index in [0.29, 0.717) is 25.2 Å². The van der Waals surface area contributed by atoms with E-state index >= 15 is 0 Å². The van der Waals surface area contributed by atoms with E-state index in [-0.39, 0.29) is 17.8 Å². The number of aliphatic carboxylic acids is 2. The molecule has 6 N–H and O–H groups in total. The second-order valence-electron chi connectivity index (χ2n) is 10.8. The fourth-order valence-corrected chi connectivity index (χ4v) is 7.34. The average Bonchev–Trinajstić information content (AvgIpc) is 3.30. The third-order valence-electron chi connectivity index (χ3n) is 8.05. The Morgan fingerprint density at radius 3 is 2.49 bits per heavy atom. The van der Waals surface area contributed by atoms with E-state index in [9.17, 15) is 27.7 Å². The van der Waals surface area contributed by atoms with E-state index in [1.165, 1.54) is 17.5 Å². The Hall–Kier alpha value is -2.76. The first kappa shape index (κ1) is 28.8. The minimum absolute atomic E-state index is 0.287. The SMILES string of the molecule is CC(C)c1ccc2c(c1)CC[C@H]1[C@@](CS(=O)(=O)O)(C(=O)O)CCC[C@]21C.N[C@@H](Cc1cnc[nH]1)C(=O)O.